The largest absolute Gasteiger partial charge is 0.481 e. The maximum atomic E-state index is 13.0. The molecule has 0 saturated heterocycles. The van der Waals surface area contributed by atoms with Crippen LogP contribution in [0.1, 0.15) is 49.1 Å². The summed E-state index contributed by atoms with van der Waals surface area (Å²) >= 11 is 0. The summed E-state index contributed by atoms with van der Waals surface area (Å²) in [5, 5.41) is 15.0. The fourth-order valence-electron chi connectivity index (χ4n) is 5.19. The molecular weight excluding hydrogens is 448 g/mol. The highest BCUT2D eigenvalue weighted by Gasteiger charge is 2.33. The molecule has 2 aliphatic rings. The molecule has 0 aromatic heterocycles. The normalized spacial score (nSPS) is 20.1. The molecule has 3 N–H and O–H groups in total. The minimum Gasteiger partial charge on any atom is -0.481 e. The zero-order valence-electron chi connectivity index (χ0n) is 19.9. The topological polar surface area (TPSA) is 114 Å². The molecule has 186 valence electrons. The number of alkyl carbamates (subject to hydrolysis) is 1. The molecule has 8 heteroatoms. The third-order valence-electron chi connectivity index (χ3n) is 6.95. The number of benzene rings is 2. The van der Waals surface area contributed by atoms with Crippen molar-refractivity contribution in [3.63, 3.8) is 0 Å². The number of amides is 2. The number of ether oxygens (including phenoxy) is 2. The SMILES string of the molecule is COCC(NC(=O)OCC1c2ccccc2-c2ccccc21)C(=O)N[C@@H]1CCCCC[C@@H]1C(=O)O. The number of rotatable bonds is 8. The van der Waals surface area contributed by atoms with Crippen molar-refractivity contribution in [1.29, 1.82) is 0 Å². The van der Waals surface area contributed by atoms with Crippen LogP contribution in [0.15, 0.2) is 48.5 Å². The zero-order chi connectivity index (χ0) is 24.8. The Morgan fingerprint density at radius 2 is 1.60 bits per heavy atom. The Morgan fingerprint density at radius 1 is 0.971 bits per heavy atom. The second-order valence-corrected chi connectivity index (χ2v) is 9.18. The van der Waals surface area contributed by atoms with Crippen molar-refractivity contribution in [1.82, 2.24) is 10.6 Å². The summed E-state index contributed by atoms with van der Waals surface area (Å²) in [6.45, 7) is 0.0748. The van der Waals surface area contributed by atoms with E-state index in [1.807, 2.05) is 36.4 Å². The molecule has 3 atom stereocenters. The van der Waals surface area contributed by atoms with Gasteiger partial charge in [-0.1, -0.05) is 67.8 Å². The van der Waals surface area contributed by atoms with E-state index < -0.39 is 36.0 Å². The van der Waals surface area contributed by atoms with E-state index in [-0.39, 0.29) is 19.1 Å². The Bertz CT molecular complexity index is 1030. The van der Waals surface area contributed by atoms with Gasteiger partial charge in [0.2, 0.25) is 5.91 Å². The summed E-state index contributed by atoms with van der Waals surface area (Å²) in [7, 11) is 1.44. The number of methoxy groups -OCH3 is 1. The molecule has 0 spiro atoms. The van der Waals surface area contributed by atoms with E-state index in [2.05, 4.69) is 22.8 Å². The smallest absolute Gasteiger partial charge is 0.407 e. The van der Waals surface area contributed by atoms with Crippen molar-refractivity contribution in [2.24, 2.45) is 5.92 Å². The van der Waals surface area contributed by atoms with Crippen LogP contribution in [0, 0.1) is 5.92 Å². The molecule has 0 radical (unpaired) electrons. The van der Waals surface area contributed by atoms with Crippen molar-refractivity contribution in [3.05, 3.63) is 59.7 Å². The van der Waals surface area contributed by atoms with Gasteiger partial charge in [-0.15, -0.1) is 0 Å². The Labute approximate surface area is 205 Å². The molecule has 0 aliphatic heterocycles. The number of carbonyl (C=O) groups excluding carboxylic acids is 2. The standard InChI is InChI=1S/C27H32N2O6/c1-34-16-24(25(30)28-23-14-4-2-3-13-21(23)26(31)32)29-27(33)35-15-22-19-11-7-5-9-17(19)18-10-6-8-12-20(18)22/h5-12,21-24H,2-4,13-16H2,1H3,(H,28,30)(H,29,33)(H,31,32)/t21-,23+,24?/m0/s1. The van der Waals surface area contributed by atoms with Crippen LogP contribution >= 0.6 is 0 Å². The van der Waals surface area contributed by atoms with E-state index in [9.17, 15) is 19.5 Å². The highest BCUT2D eigenvalue weighted by atomic mass is 16.5. The molecule has 4 rings (SSSR count). The molecule has 1 saturated carbocycles. The van der Waals surface area contributed by atoms with E-state index in [0.717, 1.165) is 41.5 Å². The van der Waals surface area contributed by atoms with Gasteiger partial charge in [0.05, 0.1) is 12.5 Å². The summed E-state index contributed by atoms with van der Waals surface area (Å²) in [5.74, 6) is -2.12. The lowest BCUT2D eigenvalue weighted by Gasteiger charge is -2.26. The molecule has 1 unspecified atom stereocenters. The first-order chi connectivity index (χ1) is 17.0. The van der Waals surface area contributed by atoms with Crippen molar-refractivity contribution in [2.45, 2.75) is 50.1 Å². The lowest BCUT2D eigenvalue weighted by molar-refractivity contribution is -0.143. The third-order valence-corrected chi connectivity index (χ3v) is 6.95. The first kappa shape index (κ1) is 24.7. The highest BCUT2D eigenvalue weighted by molar-refractivity contribution is 5.86. The van der Waals surface area contributed by atoms with Crippen molar-refractivity contribution in [2.75, 3.05) is 20.3 Å². The minimum atomic E-state index is -0.992. The molecule has 8 nitrogen and oxygen atoms in total. The van der Waals surface area contributed by atoms with Crippen LogP contribution in [0.3, 0.4) is 0 Å². The average Bonchev–Trinajstić information content (AvgIpc) is 2.98. The Kier molecular flexibility index (Phi) is 8.02. The van der Waals surface area contributed by atoms with E-state index in [0.29, 0.717) is 12.8 Å². The molecule has 2 amide bonds. The zero-order valence-corrected chi connectivity index (χ0v) is 19.9. The van der Waals surface area contributed by atoms with Gasteiger partial charge in [-0.05, 0) is 35.1 Å². The van der Waals surface area contributed by atoms with Gasteiger partial charge in [-0.25, -0.2) is 4.79 Å². The van der Waals surface area contributed by atoms with Gasteiger partial charge in [-0.3, -0.25) is 9.59 Å². The second kappa shape index (κ2) is 11.4. The summed E-state index contributed by atoms with van der Waals surface area (Å²) < 4.78 is 10.7. The highest BCUT2D eigenvalue weighted by Crippen LogP contribution is 2.44. The van der Waals surface area contributed by atoms with E-state index >= 15 is 0 Å². The Morgan fingerprint density at radius 3 is 2.23 bits per heavy atom. The van der Waals surface area contributed by atoms with E-state index in [1.165, 1.54) is 7.11 Å². The fourth-order valence-corrected chi connectivity index (χ4v) is 5.19. The number of nitrogens with one attached hydrogen (secondary N) is 2. The monoisotopic (exact) mass is 480 g/mol. The molecule has 2 aromatic rings. The van der Waals surface area contributed by atoms with Crippen molar-refractivity contribution >= 4 is 18.0 Å². The molecule has 35 heavy (non-hydrogen) atoms. The van der Waals surface area contributed by atoms with Gasteiger partial charge in [-0.2, -0.15) is 0 Å². The van der Waals surface area contributed by atoms with E-state index in [4.69, 9.17) is 9.47 Å². The summed E-state index contributed by atoms with van der Waals surface area (Å²) in [6.07, 6.45) is 3.00. The van der Waals surface area contributed by atoms with Gasteiger partial charge >= 0.3 is 12.1 Å². The molecule has 0 heterocycles. The lowest BCUT2D eigenvalue weighted by atomic mass is 9.94. The van der Waals surface area contributed by atoms with Gasteiger partial charge in [0.25, 0.3) is 0 Å². The van der Waals surface area contributed by atoms with Crippen molar-refractivity contribution in [3.8, 4) is 11.1 Å². The number of hydrogen-bond acceptors (Lipinski definition) is 5. The molecule has 2 aliphatic carbocycles. The maximum Gasteiger partial charge on any atom is 0.407 e. The molecule has 2 aromatic carbocycles. The molecule has 0 bridgehead atoms. The van der Waals surface area contributed by atoms with Crippen LogP contribution < -0.4 is 10.6 Å². The minimum absolute atomic E-state index is 0.0551. The van der Waals surface area contributed by atoms with Crippen molar-refractivity contribution < 1.29 is 29.0 Å². The van der Waals surface area contributed by atoms with Crippen LogP contribution in [-0.2, 0) is 19.1 Å². The number of hydrogen-bond donors (Lipinski definition) is 3. The van der Waals surface area contributed by atoms with Crippen LogP contribution in [0.5, 0.6) is 0 Å². The predicted molar refractivity (Wildman–Crippen MR) is 130 cm³/mol. The first-order valence-electron chi connectivity index (χ1n) is 12.1. The quantitative estimate of drug-likeness (QED) is 0.497. The molecule has 1 fully saturated rings. The van der Waals surface area contributed by atoms with Gasteiger partial charge < -0.3 is 25.2 Å². The summed E-state index contributed by atoms with van der Waals surface area (Å²) in [6, 6.07) is 14.6. The lowest BCUT2D eigenvalue weighted by Crippen LogP contribution is -2.54. The summed E-state index contributed by atoms with van der Waals surface area (Å²) in [4.78, 5) is 37.3. The number of fused-ring (bicyclic) bond motifs is 3. The van der Waals surface area contributed by atoms with Gasteiger partial charge in [0.15, 0.2) is 0 Å². The second-order valence-electron chi connectivity index (χ2n) is 9.18. The van der Waals surface area contributed by atoms with Crippen LogP contribution in [0.2, 0.25) is 0 Å². The molecular formula is C27H32N2O6. The Hall–Kier alpha value is -3.39. The number of carboxylic acid groups (broad SMARTS) is 1. The van der Waals surface area contributed by atoms with Crippen LogP contribution in [-0.4, -0.2) is 55.5 Å². The maximum absolute atomic E-state index is 13.0. The Balaban J connectivity index is 1.38. The number of aliphatic carboxylic acids is 1. The first-order valence-corrected chi connectivity index (χ1v) is 12.1. The van der Waals surface area contributed by atoms with Gasteiger partial charge in [0.1, 0.15) is 12.6 Å². The average molecular weight is 481 g/mol. The fraction of sp³-hybridized carbons (Fsp3) is 0.444. The van der Waals surface area contributed by atoms with Crippen LogP contribution in [0.4, 0.5) is 4.79 Å². The van der Waals surface area contributed by atoms with Gasteiger partial charge in [0, 0.05) is 19.1 Å². The third kappa shape index (κ3) is 5.65. The van der Waals surface area contributed by atoms with Crippen LogP contribution in [0.25, 0.3) is 11.1 Å². The predicted octanol–water partition coefficient (Wildman–Crippen LogP) is 3.69. The van der Waals surface area contributed by atoms with E-state index in [1.54, 1.807) is 0 Å². The number of carboxylic acids is 1. The summed E-state index contributed by atoms with van der Waals surface area (Å²) in [5.41, 5.74) is 4.46. The number of carbonyl (C=O) groups is 3.